The fourth-order valence-electron chi connectivity index (χ4n) is 1.69. The minimum atomic E-state index is -0.233. The van der Waals surface area contributed by atoms with E-state index >= 15 is 0 Å². The van der Waals surface area contributed by atoms with Crippen molar-refractivity contribution in [2.24, 2.45) is 5.73 Å². The molecular formula is C12H17N5. The zero-order chi connectivity index (χ0) is 12.3. The molecule has 90 valence electrons. The van der Waals surface area contributed by atoms with E-state index in [-0.39, 0.29) is 5.54 Å². The third-order valence-corrected chi connectivity index (χ3v) is 2.41. The lowest BCUT2D eigenvalue weighted by Crippen LogP contribution is -2.35. The third kappa shape index (κ3) is 3.35. The van der Waals surface area contributed by atoms with Gasteiger partial charge in [0.05, 0.1) is 18.6 Å². The van der Waals surface area contributed by atoms with Gasteiger partial charge in [-0.05, 0) is 19.9 Å². The van der Waals surface area contributed by atoms with E-state index in [9.17, 15) is 0 Å². The first-order valence-electron chi connectivity index (χ1n) is 5.57. The first-order chi connectivity index (χ1) is 8.04. The molecule has 2 aromatic rings. The highest BCUT2D eigenvalue weighted by Gasteiger charge is 2.14. The van der Waals surface area contributed by atoms with E-state index in [4.69, 9.17) is 5.73 Å². The van der Waals surface area contributed by atoms with Crippen LogP contribution in [0.1, 0.15) is 25.2 Å². The number of aromatic nitrogens is 4. The summed E-state index contributed by atoms with van der Waals surface area (Å²) in [5.74, 6) is 0. The zero-order valence-electron chi connectivity index (χ0n) is 10.2. The Morgan fingerprint density at radius 1 is 1.35 bits per heavy atom. The highest BCUT2D eigenvalue weighted by atomic mass is 15.1. The predicted molar refractivity (Wildman–Crippen MR) is 65.3 cm³/mol. The summed E-state index contributed by atoms with van der Waals surface area (Å²) in [6, 6.07) is 1.90. The molecule has 2 rings (SSSR count). The molecular weight excluding hydrogens is 214 g/mol. The van der Waals surface area contributed by atoms with Crippen LogP contribution < -0.4 is 5.73 Å². The highest BCUT2D eigenvalue weighted by molar-refractivity contribution is 5.07. The van der Waals surface area contributed by atoms with Gasteiger partial charge in [-0.3, -0.25) is 0 Å². The molecule has 0 bridgehead atoms. The summed E-state index contributed by atoms with van der Waals surface area (Å²) >= 11 is 0. The van der Waals surface area contributed by atoms with Crippen molar-refractivity contribution in [2.75, 3.05) is 0 Å². The molecule has 0 saturated heterocycles. The molecule has 2 N–H and O–H groups in total. The Hall–Kier alpha value is -1.75. The molecule has 17 heavy (non-hydrogen) atoms. The molecule has 0 radical (unpaired) electrons. The van der Waals surface area contributed by atoms with Crippen molar-refractivity contribution < 1.29 is 0 Å². The van der Waals surface area contributed by atoms with Crippen molar-refractivity contribution >= 4 is 0 Å². The van der Waals surface area contributed by atoms with Crippen LogP contribution in [0.4, 0.5) is 0 Å². The van der Waals surface area contributed by atoms with E-state index in [0.29, 0.717) is 6.54 Å². The van der Waals surface area contributed by atoms with Crippen LogP contribution >= 0.6 is 0 Å². The van der Waals surface area contributed by atoms with Gasteiger partial charge in [0.2, 0.25) is 0 Å². The van der Waals surface area contributed by atoms with E-state index in [1.54, 1.807) is 12.5 Å². The Morgan fingerprint density at radius 2 is 2.18 bits per heavy atom. The van der Waals surface area contributed by atoms with Crippen molar-refractivity contribution in [3.05, 3.63) is 42.5 Å². The second kappa shape index (κ2) is 4.63. The molecule has 5 nitrogen and oxygen atoms in total. The molecule has 0 aliphatic rings. The summed E-state index contributed by atoms with van der Waals surface area (Å²) in [5, 5.41) is 0. The van der Waals surface area contributed by atoms with Crippen molar-refractivity contribution in [3.63, 3.8) is 0 Å². The Kier molecular flexibility index (Phi) is 3.19. The lowest BCUT2D eigenvalue weighted by Gasteiger charge is -2.19. The van der Waals surface area contributed by atoms with Crippen LogP contribution in [-0.4, -0.2) is 25.1 Å². The molecule has 0 aliphatic carbocycles. The molecule has 2 heterocycles. The van der Waals surface area contributed by atoms with Crippen molar-refractivity contribution in [1.82, 2.24) is 19.5 Å². The lowest BCUT2D eigenvalue weighted by molar-refractivity contribution is 0.497. The van der Waals surface area contributed by atoms with Crippen LogP contribution in [0, 0.1) is 0 Å². The van der Waals surface area contributed by atoms with Gasteiger partial charge in [-0.1, -0.05) is 0 Å². The number of nitrogens with zero attached hydrogens (tertiary/aromatic N) is 4. The molecule has 0 spiro atoms. The topological polar surface area (TPSA) is 69.6 Å². The van der Waals surface area contributed by atoms with E-state index in [1.807, 2.05) is 32.4 Å². The summed E-state index contributed by atoms with van der Waals surface area (Å²) in [5.41, 5.74) is 7.88. The fourth-order valence-corrected chi connectivity index (χ4v) is 1.69. The summed E-state index contributed by atoms with van der Waals surface area (Å²) in [6.45, 7) is 4.72. The van der Waals surface area contributed by atoms with E-state index in [0.717, 1.165) is 17.8 Å². The van der Waals surface area contributed by atoms with Gasteiger partial charge in [-0.2, -0.15) is 0 Å². The van der Waals surface area contributed by atoms with E-state index in [1.165, 1.54) is 0 Å². The molecule has 0 amide bonds. The van der Waals surface area contributed by atoms with Crippen LogP contribution in [0.5, 0.6) is 0 Å². The van der Waals surface area contributed by atoms with Crippen molar-refractivity contribution in [1.29, 1.82) is 0 Å². The molecule has 5 heteroatoms. The number of imidazole rings is 1. The summed E-state index contributed by atoms with van der Waals surface area (Å²) in [4.78, 5) is 12.3. The molecule has 2 aromatic heterocycles. The predicted octanol–water partition coefficient (Wildman–Crippen LogP) is 1.00. The van der Waals surface area contributed by atoms with Gasteiger partial charge in [-0.25, -0.2) is 15.0 Å². The minimum absolute atomic E-state index is 0.233. The van der Waals surface area contributed by atoms with Crippen molar-refractivity contribution in [3.8, 4) is 0 Å². The highest BCUT2D eigenvalue weighted by Crippen LogP contribution is 2.11. The summed E-state index contributed by atoms with van der Waals surface area (Å²) in [6.07, 6.45) is 7.75. The maximum atomic E-state index is 6.02. The zero-order valence-corrected chi connectivity index (χ0v) is 10.2. The second-order valence-electron chi connectivity index (χ2n) is 4.88. The van der Waals surface area contributed by atoms with Crippen LogP contribution in [0.3, 0.4) is 0 Å². The smallest absolute Gasteiger partial charge is 0.115 e. The fraction of sp³-hybridized carbons (Fsp3) is 0.417. The van der Waals surface area contributed by atoms with Gasteiger partial charge >= 0.3 is 0 Å². The summed E-state index contributed by atoms with van der Waals surface area (Å²) < 4.78 is 2.07. The number of hydrogen-bond donors (Lipinski definition) is 1. The molecule has 0 unspecified atom stereocenters. The lowest BCUT2D eigenvalue weighted by atomic mass is 10.0. The largest absolute Gasteiger partial charge is 0.329 e. The number of rotatable bonds is 4. The van der Waals surface area contributed by atoms with Gasteiger partial charge in [0, 0.05) is 30.0 Å². The Labute approximate surface area is 101 Å². The van der Waals surface area contributed by atoms with Crippen molar-refractivity contribution in [2.45, 2.75) is 32.4 Å². The molecule has 0 fully saturated rings. The molecule has 0 aromatic carbocycles. The van der Waals surface area contributed by atoms with Gasteiger partial charge < -0.3 is 10.3 Å². The van der Waals surface area contributed by atoms with Gasteiger partial charge in [0.15, 0.2) is 0 Å². The van der Waals surface area contributed by atoms with E-state index in [2.05, 4.69) is 19.5 Å². The van der Waals surface area contributed by atoms with Crippen LogP contribution in [0.15, 0.2) is 31.1 Å². The van der Waals surface area contributed by atoms with Gasteiger partial charge in [-0.15, -0.1) is 0 Å². The van der Waals surface area contributed by atoms with Crippen LogP contribution in [0.25, 0.3) is 0 Å². The molecule has 0 aliphatic heterocycles. The maximum Gasteiger partial charge on any atom is 0.115 e. The average molecular weight is 231 g/mol. The normalized spacial score (nSPS) is 11.7. The Bertz CT molecular complexity index is 469. The molecule has 0 saturated carbocycles. The first-order valence-corrected chi connectivity index (χ1v) is 5.57. The summed E-state index contributed by atoms with van der Waals surface area (Å²) in [7, 11) is 0. The van der Waals surface area contributed by atoms with Crippen LogP contribution in [-0.2, 0) is 13.0 Å². The monoisotopic (exact) mass is 231 g/mol. The molecule has 0 atom stereocenters. The van der Waals surface area contributed by atoms with Gasteiger partial charge in [0.1, 0.15) is 6.33 Å². The maximum absolute atomic E-state index is 6.02. The van der Waals surface area contributed by atoms with E-state index < -0.39 is 0 Å². The SMILES string of the molecule is CC(C)(N)Cc1cncn1Cc1ccncn1. The first kappa shape index (κ1) is 11.7. The number of nitrogens with two attached hydrogens (primary N) is 1. The average Bonchev–Trinajstić information content (AvgIpc) is 2.65. The quantitative estimate of drug-likeness (QED) is 0.852. The third-order valence-electron chi connectivity index (χ3n) is 2.41. The van der Waals surface area contributed by atoms with Crippen LogP contribution in [0.2, 0.25) is 0 Å². The minimum Gasteiger partial charge on any atom is -0.329 e. The van der Waals surface area contributed by atoms with Gasteiger partial charge in [0.25, 0.3) is 0 Å². The Balaban J connectivity index is 2.15. The second-order valence-corrected chi connectivity index (χ2v) is 4.88. The Morgan fingerprint density at radius 3 is 2.82 bits per heavy atom. The standard InChI is InChI=1S/C12H17N5/c1-12(2,13)5-11-6-15-9-17(11)7-10-3-4-14-8-16-10/h3-4,6,8-9H,5,7,13H2,1-2H3. The number of hydrogen-bond acceptors (Lipinski definition) is 4.